The maximum Gasteiger partial charge on any atom is 0.254 e. The topological polar surface area (TPSA) is 66.6 Å². The van der Waals surface area contributed by atoms with Gasteiger partial charge < -0.3 is 9.80 Å². The highest BCUT2D eigenvalue weighted by Crippen LogP contribution is 2.28. The van der Waals surface area contributed by atoms with Crippen LogP contribution in [-0.4, -0.2) is 56.6 Å². The monoisotopic (exact) mass is 328 g/mol. The number of hydrogen-bond acceptors (Lipinski definition) is 5. The number of carbonyl (C=O) groups excluding carboxylic acids is 1. The number of fused-ring (bicyclic) bond motifs is 1. The van der Waals surface area contributed by atoms with Crippen LogP contribution in [0.1, 0.15) is 36.9 Å². The van der Waals surface area contributed by atoms with Gasteiger partial charge in [-0.3, -0.25) is 4.79 Å². The van der Waals surface area contributed by atoms with Crippen LogP contribution in [0.25, 0.3) is 5.78 Å². The van der Waals surface area contributed by atoms with Crippen molar-refractivity contribution in [1.29, 1.82) is 0 Å². The first kappa shape index (κ1) is 15.4. The molecule has 2 aromatic rings. The number of amides is 1. The Hall–Kier alpha value is -2.18. The summed E-state index contributed by atoms with van der Waals surface area (Å²) in [7, 11) is 0. The molecular formula is C17H24N6O. The molecule has 2 fully saturated rings. The number of hydrogen-bond donors (Lipinski definition) is 0. The summed E-state index contributed by atoms with van der Waals surface area (Å²) in [5.41, 5.74) is 2.11. The minimum absolute atomic E-state index is 0.267. The van der Waals surface area contributed by atoms with Crippen molar-refractivity contribution >= 4 is 17.5 Å². The number of nitrogens with zero attached hydrogens (tertiary/aromatic N) is 6. The molecule has 2 aliphatic rings. The maximum absolute atomic E-state index is 12.6. The lowest BCUT2D eigenvalue weighted by Crippen LogP contribution is -2.50. The van der Waals surface area contributed by atoms with Crippen molar-refractivity contribution in [1.82, 2.24) is 24.5 Å². The molecule has 2 aromatic heterocycles. The molecule has 24 heavy (non-hydrogen) atoms. The standard InChI is InChI=1S/C17H24N6O/c1-12-13(2)20-17-18-11-19-23(17)15(12)21-7-9-22(10-8-21)16(24)14-5-3-4-6-14/h11,14H,3-10H2,1-2H3. The predicted molar refractivity (Wildman–Crippen MR) is 91.0 cm³/mol. The summed E-state index contributed by atoms with van der Waals surface area (Å²) in [6.45, 7) is 7.32. The first-order chi connectivity index (χ1) is 11.6. The number of aromatic nitrogens is 4. The fourth-order valence-corrected chi connectivity index (χ4v) is 3.96. The molecule has 1 aliphatic heterocycles. The van der Waals surface area contributed by atoms with Crippen molar-refractivity contribution in [3.63, 3.8) is 0 Å². The Balaban J connectivity index is 1.53. The molecule has 0 radical (unpaired) electrons. The van der Waals surface area contributed by atoms with E-state index in [1.54, 1.807) is 6.33 Å². The summed E-state index contributed by atoms with van der Waals surface area (Å²) in [6.07, 6.45) is 6.10. The molecule has 1 aliphatic carbocycles. The second-order valence-electron chi connectivity index (χ2n) is 6.91. The van der Waals surface area contributed by atoms with Gasteiger partial charge in [0.05, 0.1) is 0 Å². The molecule has 0 bridgehead atoms. The Morgan fingerprint density at radius 1 is 1.12 bits per heavy atom. The van der Waals surface area contributed by atoms with Crippen LogP contribution in [0.5, 0.6) is 0 Å². The minimum atomic E-state index is 0.267. The van der Waals surface area contributed by atoms with Gasteiger partial charge in [-0.15, -0.1) is 0 Å². The van der Waals surface area contributed by atoms with Crippen molar-refractivity contribution in [3.8, 4) is 0 Å². The van der Waals surface area contributed by atoms with Crippen molar-refractivity contribution in [2.24, 2.45) is 5.92 Å². The SMILES string of the molecule is Cc1nc2ncnn2c(N2CCN(C(=O)C3CCCC3)CC2)c1C. The zero-order chi connectivity index (χ0) is 16.7. The van der Waals surface area contributed by atoms with E-state index in [1.165, 1.54) is 12.8 Å². The number of piperazine rings is 1. The normalized spacial score (nSPS) is 19.4. The van der Waals surface area contributed by atoms with Gasteiger partial charge in [-0.05, 0) is 26.7 Å². The van der Waals surface area contributed by atoms with Gasteiger partial charge in [-0.2, -0.15) is 14.6 Å². The van der Waals surface area contributed by atoms with E-state index in [9.17, 15) is 4.79 Å². The van der Waals surface area contributed by atoms with Crippen molar-refractivity contribution in [2.75, 3.05) is 31.1 Å². The molecule has 7 nitrogen and oxygen atoms in total. The van der Waals surface area contributed by atoms with Crippen LogP contribution in [0.2, 0.25) is 0 Å². The Morgan fingerprint density at radius 3 is 2.54 bits per heavy atom. The van der Waals surface area contributed by atoms with E-state index in [1.807, 2.05) is 11.4 Å². The molecule has 4 rings (SSSR count). The van der Waals surface area contributed by atoms with Gasteiger partial charge in [-0.25, -0.2) is 4.98 Å². The highest BCUT2D eigenvalue weighted by Gasteiger charge is 2.30. The number of rotatable bonds is 2. The van der Waals surface area contributed by atoms with E-state index >= 15 is 0 Å². The van der Waals surface area contributed by atoms with Gasteiger partial charge in [0, 0.05) is 43.4 Å². The molecule has 0 spiro atoms. The van der Waals surface area contributed by atoms with Gasteiger partial charge >= 0.3 is 0 Å². The van der Waals surface area contributed by atoms with Crippen LogP contribution in [0, 0.1) is 19.8 Å². The van der Waals surface area contributed by atoms with Crippen molar-refractivity contribution in [2.45, 2.75) is 39.5 Å². The summed E-state index contributed by atoms with van der Waals surface area (Å²) in [6, 6.07) is 0. The fourth-order valence-electron chi connectivity index (χ4n) is 3.96. The molecule has 0 unspecified atom stereocenters. The quantitative estimate of drug-likeness (QED) is 0.837. The summed E-state index contributed by atoms with van der Waals surface area (Å²) in [4.78, 5) is 25.7. The van der Waals surface area contributed by atoms with Gasteiger partial charge in [-0.1, -0.05) is 12.8 Å². The summed E-state index contributed by atoms with van der Waals surface area (Å²) < 4.78 is 1.82. The van der Waals surface area contributed by atoms with E-state index in [-0.39, 0.29) is 5.92 Å². The molecule has 128 valence electrons. The van der Waals surface area contributed by atoms with Crippen LogP contribution in [0.3, 0.4) is 0 Å². The fraction of sp³-hybridized carbons (Fsp3) is 0.647. The summed E-state index contributed by atoms with van der Waals surface area (Å²) in [5.74, 6) is 2.32. The molecule has 1 amide bonds. The maximum atomic E-state index is 12.6. The van der Waals surface area contributed by atoms with Crippen LogP contribution >= 0.6 is 0 Å². The lowest BCUT2D eigenvalue weighted by Gasteiger charge is -2.37. The molecule has 3 heterocycles. The molecule has 7 heteroatoms. The molecule has 0 aromatic carbocycles. The molecule has 1 saturated heterocycles. The lowest BCUT2D eigenvalue weighted by molar-refractivity contribution is -0.135. The van der Waals surface area contributed by atoms with Crippen molar-refractivity contribution in [3.05, 3.63) is 17.6 Å². The largest absolute Gasteiger partial charge is 0.353 e. The highest BCUT2D eigenvalue weighted by atomic mass is 16.2. The van der Waals surface area contributed by atoms with Gasteiger partial charge in [0.1, 0.15) is 12.1 Å². The Labute approximate surface area is 141 Å². The smallest absolute Gasteiger partial charge is 0.254 e. The third-order valence-electron chi connectivity index (χ3n) is 5.47. The van der Waals surface area contributed by atoms with Crippen LogP contribution < -0.4 is 4.90 Å². The molecule has 0 N–H and O–H groups in total. The first-order valence-electron chi connectivity index (χ1n) is 8.86. The van der Waals surface area contributed by atoms with Gasteiger partial charge in [0.2, 0.25) is 5.91 Å². The molecule has 1 saturated carbocycles. The Bertz CT molecular complexity index is 756. The Morgan fingerprint density at radius 2 is 1.83 bits per heavy atom. The Kier molecular flexibility index (Phi) is 3.86. The number of anilines is 1. The average Bonchev–Trinajstić information content (AvgIpc) is 3.27. The van der Waals surface area contributed by atoms with E-state index < -0.39 is 0 Å². The van der Waals surface area contributed by atoms with Crippen LogP contribution in [0.4, 0.5) is 5.82 Å². The lowest BCUT2D eigenvalue weighted by atomic mass is 10.1. The third kappa shape index (κ3) is 2.52. The highest BCUT2D eigenvalue weighted by molar-refractivity contribution is 5.79. The number of aryl methyl sites for hydroxylation is 1. The van der Waals surface area contributed by atoms with Gasteiger partial charge in [0.15, 0.2) is 0 Å². The summed E-state index contributed by atoms with van der Waals surface area (Å²) in [5, 5.41) is 4.33. The van der Waals surface area contributed by atoms with E-state index in [0.717, 1.165) is 56.1 Å². The minimum Gasteiger partial charge on any atom is -0.353 e. The van der Waals surface area contributed by atoms with E-state index in [0.29, 0.717) is 11.7 Å². The zero-order valence-corrected chi connectivity index (χ0v) is 14.4. The second-order valence-corrected chi connectivity index (χ2v) is 6.91. The predicted octanol–water partition coefficient (Wildman–Crippen LogP) is 1.58. The van der Waals surface area contributed by atoms with Gasteiger partial charge in [0.25, 0.3) is 5.78 Å². The summed E-state index contributed by atoms with van der Waals surface area (Å²) >= 11 is 0. The molecular weight excluding hydrogens is 304 g/mol. The zero-order valence-electron chi connectivity index (χ0n) is 14.4. The average molecular weight is 328 g/mol. The first-order valence-corrected chi connectivity index (χ1v) is 8.86. The van der Waals surface area contributed by atoms with E-state index in [4.69, 9.17) is 0 Å². The van der Waals surface area contributed by atoms with Crippen molar-refractivity contribution < 1.29 is 4.79 Å². The van der Waals surface area contributed by atoms with E-state index in [2.05, 4.69) is 31.8 Å². The second kappa shape index (κ2) is 6.03. The number of carbonyl (C=O) groups is 1. The third-order valence-corrected chi connectivity index (χ3v) is 5.47. The van der Waals surface area contributed by atoms with Crippen LogP contribution in [0.15, 0.2) is 6.33 Å². The van der Waals surface area contributed by atoms with Crippen LogP contribution in [-0.2, 0) is 4.79 Å². The molecule has 0 atom stereocenters.